The number of rotatable bonds is 9. The third-order valence-electron chi connectivity index (χ3n) is 6.13. The second-order valence-corrected chi connectivity index (χ2v) is 9.43. The van der Waals surface area contributed by atoms with Crippen LogP contribution in [-0.4, -0.2) is 49.2 Å². The zero-order valence-corrected chi connectivity index (χ0v) is 21.1. The van der Waals surface area contributed by atoms with Crippen molar-refractivity contribution in [2.75, 3.05) is 26.4 Å². The number of hydrogen-bond acceptors (Lipinski definition) is 5. The molecule has 2 bridgehead atoms. The fraction of sp³-hybridized carbons (Fsp3) is 0.407. The number of ether oxygens (including phenoxy) is 3. The molecule has 2 atom stereocenters. The van der Waals surface area contributed by atoms with Gasteiger partial charge in [-0.1, -0.05) is 44.2 Å². The van der Waals surface area contributed by atoms with Crippen molar-refractivity contribution in [3.8, 4) is 11.5 Å². The van der Waals surface area contributed by atoms with Gasteiger partial charge in [-0.05, 0) is 42.2 Å². The van der Waals surface area contributed by atoms with Gasteiger partial charge in [-0.3, -0.25) is 4.79 Å². The van der Waals surface area contributed by atoms with E-state index in [0.29, 0.717) is 22.5 Å². The molecular formula is C27H29ClF2O6. The van der Waals surface area contributed by atoms with Crippen LogP contribution in [0.15, 0.2) is 54.2 Å². The molecule has 9 heteroatoms. The highest BCUT2D eigenvalue weighted by molar-refractivity contribution is 6.32. The highest BCUT2D eigenvalue weighted by Crippen LogP contribution is 2.46. The van der Waals surface area contributed by atoms with Crippen molar-refractivity contribution in [1.82, 2.24) is 0 Å². The van der Waals surface area contributed by atoms with E-state index in [9.17, 15) is 23.5 Å². The van der Waals surface area contributed by atoms with Gasteiger partial charge in [0.05, 0.1) is 18.2 Å². The maximum Gasteiger partial charge on any atom is 0.339 e. The van der Waals surface area contributed by atoms with E-state index in [-0.39, 0.29) is 48.0 Å². The van der Waals surface area contributed by atoms with Crippen molar-refractivity contribution in [2.24, 2.45) is 17.8 Å². The Hall–Kier alpha value is -2.97. The average molecular weight is 523 g/mol. The number of carboxylic acids is 1. The molecular weight excluding hydrogens is 494 g/mol. The van der Waals surface area contributed by atoms with Gasteiger partial charge in [0.1, 0.15) is 30.3 Å². The number of fused-ring (bicyclic) bond motifs is 4. The summed E-state index contributed by atoms with van der Waals surface area (Å²) >= 11 is 6.44. The first-order chi connectivity index (χ1) is 16.9. The van der Waals surface area contributed by atoms with Crippen molar-refractivity contribution >= 4 is 28.9 Å². The van der Waals surface area contributed by atoms with Gasteiger partial charge in [0.15, 0.2) is 5.78 Å². The SMILES string of the molecule is C=C1C2=CC(=O)C(C(=O)O)=CC1[C@H](C(C)C)COc1cc(OCCOCC(F)(F)/C=C/C)c(Cl)cc12. The molecule has 1 N–H and O–H groups in total. The van der Waals surface area contributed by atoms with E-state index >= 15 is 0 Å². The van der Waals surface area contributed by atoms with E-state index in [4.69, 9.17) is 25.8 Å². The maximum absolute atomic E-state index is 13.5. The molecule has 0 saturated carbocycles. The van der Waals surface area contributed by atoms with Crippen LogP contribution in [0.1, 0.15) is 26.3 Å². The smallest absolute Gasteiger partial charge is 0.339 e. The quantitative estimate of drug-likeness (QED) is 0.252. The normalized spacial score (nSPS) is 20.2. The van der Waals surface area contributed by atoms with Crippen LogP contribution in [-0.2, 0) is 14.3 Å². The summed E-state index contributed by atoms with van der Waals surface area (Å²) in [5.41, 5.74) is 1.22. The number of carboxylic acid groups (broad SMARTS) is 1. The minimum absolute atomic E-state index is 0.0269. The predicted molar refractivity (Wildman–Crippen MR) is 133 cm³/mol. The van der Waals surface area contributed by atoms with Crippen molar-refractivity contribution in [2.45, 2.75) is 26.7 Å². The van der Waals surface area contributed by atoms with E-state index in [1.54, 1.807) is 12.1 Å². The summed E-state index contributed by atoms with van der Waals surface area (Å²) in [7, 11) is 0. The van der Waals surface area contributed by atoms with E-state index in [0.717, 1.165) is 6.08 Å². The van der Waals surface area contributed by atoms with Crippen LogP contribution in [0.4, 0.5) is 8.78 Å². The van der Waals surface area contributed by atoms with Crippen LogP contribution >= 0.6 is 11.6 Å². The van der Waals surface area contributed by atoms with Crippen LogP contribution in [0.2, 0.25) is 5.02 Å². The number of carbonyl (C=O) groups is 2. The summed E-state index contributed by atoms with van der Waals surface area (Å²) in [5.74, 6) is -4.84. The number of carbonyl (C=O) groups excluding carboxylic acids is 1. The molecule has 1 unspecified atom stereocenters. The topological polar surface area (TPSA) is 82.1 Å². The summed E-state index contributed by atoms with van der Waals surface area (Å²) in [4.78, 5) is 24.6. The molecule has 0 aromatic heterocycles. The van der Waals surface area contributed by atoms with Crippen LogP contribution in [0.25, 0.3) is 5.57 Å². The van der Waals surface area contributed by atoms with Gasteiger partial charge in [0.25, 0.3) is 5.92 Å². The van der Waals surface area contributed by atoms with Gasteiger partial charge in [0, 0.05) is 23.5 Å². The number of benzene rings is 1. The van der Waals surface area contributed by atoms with Crippen molar-refractivity contribution in [1.29, 1.82) is 0 Å². The molecule has 1 aliphatic heterocycles. The number of aliphatic carboxylic acids is 1. The number of allylic oxidation sites excluding steroid dienone is 5. The van der Waals surface area contributed by atoms with Gasteiger partial charge in [-0.2, -0.15) is 8.78 Å². The lowest BCUT2D eigenvalue weighted by atomic mass is 9.76. The van der Waals surface area contributed by atoms with Gasteiger partial charge < -0.3 is 19.3 Å². The Bertz CT molecular complexity index is 1140. The lowest BCUT2D eigenvalue weighted by molar-refractivity contribution is -0.134. The summed E-state index contributed by atoms with van der Waals surface area (Å²) in [6.07, 6.45) is 4.74. The number of halogens is 3. The number of ketones is 1. The van der Waals surface area contributed by atoms with Crippen LogP contribution < -0.4 is 9.47 Å². The minimum atomic E-state index is -3.06. The second kappa shape index (κ2) is 11.4. The molecule has 1 aliphatic carbocycles. The molecule has 3 rings (SSSR count). The third-order valence-corrected chi connectivity index (χ3v) is 6.42. The van der Waals surface area contributed by atoms with Gasteiger partial charge >= 0.3 is 5.97 Å². The molecule has 1 aromatic carbocycles. The van der Waals surface area contributed by atoms with Crippen LogP contribution in [0.3, 0.4) is 0 Å². The van der Waals surface area contributed by atoms with Crippen LogP contribution in [0.5, 0.6) is 11.5 Å². The van der Waals surface area contributed by atoms with Crippen molar-refractivity contribution in [3.63, 3.8) is 0 Å². The summed E-state index contributed by atoms with van der Waals surface area (Å²) in [6, 6.07) is 3.13. The largest absolute Gasteiger partial charge is 0.492 e. The second-order valence-electron chi connectivity index (χ2n) is 9.02. The number of hydrogen-bond donors (Lipinski definition) is 1. The fourth-order valence-electron chi connectivity index (χ4n) is 4.24. The minimum Gasteiger partial charge on any atom is -0.492 e. The molecule has 0 fully saturated rings. The molecule has 36 heavy (non-hydrogen) atoms. The lowest BCUT2D eigenvalue weighted by Crippen LogP contribution is -2.29. The highest BCUT2D eigenvalue weighted by atomic mass is 35.5. The Morgan fingerprint density at radius 3 is 2.72 bits per heavy atom. The first-order valence-corrected chi connectivity index (χ1v) is 11.9. The number of alkyl halides is 2. The first kappa shape index (κ1) is 27.6. The van der Waals surface area contributed by atoms with E-state index in [1.807, 2.05) is 13.8 Å². The summed E-state index contributed by atoms with van der Waals surface area (Å²) in [6.45, 7) is 9.05. The summed E-state index contributed by atoms with van der Waals surface area (Å²) < 4.78 is 43.8. The standard InChI is InChI=1S/C27H29ClF2O6/c1-5-6-27(29,30)14-34-7-8-35-25-12-24-19(10-22(25)28)18-11-23(31)20(26(32)33)9-17(16(18)4)21(13-36-24)15(2)3/h5-6,9-12,15,17,21H,4,7-8,13-14H2,1-3H3,(H,32,33)/b6-5+/t17?,21-/m0/s1. The molecule has 0 saturated heterocycles. The Morgan fingerprint density at radius 1 is 1.36 bits per heavy atom. The average Bonchev–Trinajstić information content (AvgIpc) is 2.92. The molecule has 6 nitrogen and oxygen atoms in total. The zero-order valence-electron chi connectivity index (χ0n) is 20.4. The third kappa shape index (κ3) is 6.23. The Balaban J connectivity index is 1.89. The predicted octanol–water partition coefficient (Wildman–Crippen LogP) is 5.76. The fourth-order valence-corrected chi connectivity index (χ4v) is 4.45. The molecule has 1 heterocycles. The van der Waals surface area contributed by atoms with Crippen LogP contribution in [0, 0.1) is 17.8 Å². The monoisotopic (exact) mass is 522 g/mol. The molecule has 0 amide bonds. The Labute approximate surface area is 213 Å². The molecule has 1 aromatic rings. The zero-order chi connectivity index (χ0) is 26.6. The van der Waals surface area contributed by atoms with E-state index < -0.39 is 30.2 Å². The molecule has 0 spiro atoms. The van der Waals surface area contributed by atoms with Gasteiger partial charge in [-0.25, -0.2) is 4.79 Å². The Morgan fingerprint density at radius 2 is 2.08 bits per heavy atom. The summed E-state index contributed by atoms with van der Waals surface area (Å²) in [5, 5.41) is 9.80. The highest BCUT2D eigenvalue weighted by Gasteiger charge is 2.36. The molecule has 0 radical (unpaired) electrons. The molecule has 2 aliphatic rings. The van der Waals surface area contributed by atoms with Gasteiger partial charge in [-0.15, -0.1) is 0 Å². The van der Waals surface area contributed by atoms with E-state index in [1.165, 1.54) is 25.2 Å². The Kier molecular flexibility index (Phi) is 8.74. The maximum atomic E-state index is 13.5. The van der Waals surface area contributed by atoms with Crippen molar-refractivity contribution in [3.05, 3.63) is 64.7 Å². The molecule has 194 valence electrons. The lowest BCUT2D eigenvalue weighted by Gasteiger charge is -2.33. The first-order valence-electron chi connectivity index (χ1n) is 11.5. The van der Waals surface area contributed by atoms with Crippen molar-refractivity contribution < 1.29 is 37.7 Å². The van der Waals surface area contributed by atoms with E-state index in [2.05, 4.69) is 6.58 Å². The van der Waals surface area contributed by atoms with Gasteiger partial charge in [0.2, 0.25) is 0 Å².